The molecule has 3 rings (SSSR count). The van der Waals surface area contributed by atoms with Gasteiger partial charge in [0.05, 0.1) is 16.8 Å². The Morgan fingerprint density at radius 3 is 2.32 bits per heavy atom. The van der Waals surface area contributed by atoms with Gasteiger partial charge in [-0.1, -0.05) is 0 Å². The van der Waals surface area contributed by atoms with E-state index in [1.54, 1.807) is 14.1 Å². The number of fused-ring (bicyclic) bond motifs is 1. The van der Waals surface area contributed by atoms with Gasteiger partial charge >= 0.3 is 18.1 Å². The van der Waals surface area contributed by atoms with E-state index in [1.165, 1.54) is 24.3 Å². The van der Waals surface area contributed by atoms with Gasteiger partial charge in [-0.2, -0.15) is 13.2 Å². The molecular weight excluding hydrogens is 500 g/mol. The van der Waals surface area contributed by atoms with Crippen molar-refractivity contribution >= 4 is 40.1 Å². The number of halogens is 4. The summed E-state index contributed by atoms with van der Waals surface area (Å²) in [7, 11) is 3.30. The first kappa shape index (κ1) is 27.3. The van der Waals surface area contributed by atoms with Crippen molar-refractivity contribution in [1.82, 2.24) is 10.3 Å². The zero-order valence-corrected chi connectivity index (χ0v) is 19.6. The topological polar surface area (TPSA) is 129 Å². The first-order valence-electron chi connectivity index (χ1n) is 10.9. The van der Waals surface area contributed by atoms with Crippen molar-refractivity contribution in [2.45, 2.75) is 19.0 Å². The van der Waals surface area contributed by atoms with E-state index < -0.39 is 35.4 Å². The first-order chi connectivity index (χ1) is 17.5. The smallest absolute Gasteiger partial charge is 0.386 e. The summed E-state index contributed by atoms with van der Waals surface area (Å²) >= 11 is 0. The van der Waals surface area contributed by atoms with Crippen molar-refractivity contribution in [3.63, 3.8) is 0 Å². The maximum Gasteiger partial charge on any atom is 0.491 e. The van der Waals surface area contributed by atoms with Crippen molar-refractivity contribution in [3.8, 4) is 0 Å². The predicted molar refractivity (Wildman–Crippen MR) is 127 cm³/mol. The molecule has 4 N–H and O–H groups in total. The minimum atomic E-state index is -5.34. The highest BCUT2D eigenvalue weighted by Gasteiger charge is 2.42. The maximum atomic E-state index is 14.3. The van der Waals surface area contributed by atoms with Crippen LogP contribution in [-0.2, 0) is 16.0 Å². The van der Waals surface area contributed by atoms with Crippen molar-refractivity contribution in [2.24, 2.45) is 0 Å². The summed E-state index contributed by atoms with van der Waals surface area (Å²) in [5.74, 6) is -5.58. The molecule has 0 atom stereocenters. The van der Waals surface area contributed by atoms with Crippen LogP contribution in [0.4, 0.5) is 28.9 Å². The Hall–Kier alpha value is -4.26. The summed E-state index contributed by atoms with van der Waals surface area (Å²) in [4.78, 5) is 51.3. The van der Waals surface area contributed by atoms with E-state index in [1.807, 2.05) is 0 Å². The molecule has 0 fully saturated rings. The fourth-order valence-corrected chi connectivity index (χ4v) is 3.65. The van der Waals surface area contributed by atoms with E-state index in [-0.39, 0.29) is 23.2 Å². The zero-order valence-electron chi connectivity index (χ0n) is 19.6. The first-order valence-corrected chi connectivity index (χ1v) is 10.9. The van der Waals surface area contributed by atoms with Gasteiger partial charge in [0.25, 0.3) is 11.5 Å². The van der Waals surface area contributed by atoms with Crippen molar-refractivity contribution < 1.29 is 36.7 Å². The number of carbonyl (C=O) groups excluding carboxylic acids is 3. The highest BCUT2D eigenvalue weighted by atomic mass is 19.4. The third-order valence-corrected chi connectivity index (χ3v) is 5.34. The molecule has 0 aliphatic rings. The lowest BCUT2D eigenvalue weighted by molar-refractivity contribution is -0.193. The highest BCUT2D eigenvalue weighted by Crippen LogP contribution is 2.28. The summed E-state index contributed by atoms with van der Waals surface area (Å²) in [6, 6.07) is 6.87. The number of H-pyrrole nitrogens is 1. The van der Waals surface area contributed by atoms with Gasteiger partial charge in [0.15, 0.2) is 0 Å². The molecular formula is C24H22F4N4O5. The Bertz CT molecular complexity index is 1400. The number of carbonyl (C=O) groups is 3. The van der Waals surface area contributed by atoms with Crippen LogP contribution in [0.3, 0.4) is 0 Å². The molecule has 0 saturated heterocycles. The predicted octanol–water partition coefficient (Wildman–Crippen LogP) is 3.36. The molecule has 3 aromatic rings. The molecule has 0 bridgehead atoms. The van der Waals surface area contributed by atoms with E-state index in [4.69, 9.17) is 0 Å². The average molecular weight is 522 g/mol. The second-order valence-electron chi connectivity index (χ2n) is 7.85. The number of alkyl halides is 3. The molecule has 37 heavy (non-hydrogen) atoms. The van der Waals surface area contributed by atoms with Crippen LogP contribution >= 0.6 is 0 Å². The Morgan fingerprint density at radius 2 is 1.73 bits per heavy atom. The van der Waals surface area contributed by atoms with Crippen LogP contribution in [0, 0.1) is 5.82 Å². The van der Waals surface area contributed by atoms with Crippen molar-refractivity contribution in [1.29, 1.82) is 0 Å². The van der Waals surface area contributed by atoms with Gasteiger partial charge in [0.1, 0.15) is 11.4 Å². The molecule has 0 spiro atoms. The lowest BCUT2D eigenvalue weighted by Gasteiger charge is -2.15. The van der Waals surface area contributed by atoms with Crippen LogP contribution in [0.1, 0.15) is 32.7 Å². The number of aromatic amines is 1. The third-order valence-electron chi connectivity index (χ3n) is 5.34. The van der Waals surface area contributed by atoms with Crippen molar-refractivity contribution in [2.75, 3.05) is 31.3 Å². The number of aromatic nitrogens is 1. The molecule has 1 aromatic heterocycles. The molecule has 0 aliphatic heterocycles. The number of pyridine rings is 1. The van der Waals surface area contributed by atoms with Crippen LogP contribution in [0.25, 0.3) is 10.9 Å². The summed E-state index contributed by atoms with van der Waals surface area (Å²) in [6.07, 6.45) is -4.53. The number of nitrogens with one attached hydrogen (secondary N) is 4. The number of ether oxygens (including phenoxy) is 1. The number of rotatable bonds is 8. The Labute approximate surface area is 207 Å². The van der Waals surface area contributed by atoms with Gasteiger partial charge < -0.3 is 25.7 Å². The highest BCUT2D eigenvalue weighted by molar-refractivity contribution is 6.08. The van der Waals surface area contributed by atoms with E-state index in [9.17, 15) is 36.7 Å². The molecule has 0 saturated carbocycles. The van der Waals surface area contributed by atoms with Crippen LogP contribution in [-0.4, -0.2) is 49.6 Å². The lowest BCUT2D eigenvalue weighted by atomic mass is 9.97. The van der Waals surface area contributed by atoms with Gasteiger partial charge in [-0.05, 0) is 68.4 Å². The fourth-order valence-electron chi connectivity index (χ4n) is 3.65. The molecule has 9 nitrogen and oxygen atoms in total. The standard InChI is InChI=1S/C24H22F4N4O5/c1-29-9-3-4-15-16-10-13(25)11-17(30-2)19(16)32-21(34)18(15)20(33)31-14-7-5-12(6-8-14)22(35)37-23(36)24(26,27)28/h5-8,10-11,29-30H,3-4,9H2,1-2H3,(H,31,33)(H,32,34). The number of hydrogen-bond acceptors (Lipinski definition) is 7. The number of benzene rings is 2. The van der Waals surface area contributed by atoms with Gasteiger partial charge in [-0.25, -0.2) is 14.0 Å². The van der Waals surface area contributed by atoms with Gasteiger partial charge in [-0.15, -0.1) is 0 Å². The number of aryl methyl sites for hydroxylation is 1. The van der Waals surface area contributed by atoms with E-state index in [2.05, 4.69) is 25.7 Å². The molecule has 2 aromatic carbocycles. The van der Waals surface area contributed by atoms with Gasteiger partial charge in [0, 0.05) is 18.1 Å². The zero-order chi connectivity index (χ0) is 27.3. The molecule has 13 heteroatoms. The largest absolute Gasteiger partial charge is 0.491 e. The second kappa shape index (κ2) is 11.2. The summed E-state index contributed by atoms with van der Waals surface area (Å²) in [5.41, 5.74) is -0.231. The Morgan fingerprint density at radius 1 is 1.05 bits per heavy atom. The normalized spacial score (nSPS) is 11.3. The van der Waals surface area contributed by atoms with Crippen molar-refractivity contribution in [3.05, 3.63) is 69.3 Å². The molecule has 0 unspecified atom stereocenters. The summed E-state index contributed by atoms with van der Waals surface area (Å²) < 4.78 is 54.9. The third kappa shape index (κ3) is 6.30. The monoisotopic (exact) mass is 522 g/mol. The number of anilines is 2. The number of amides is 1. The SMILES string of the molecule is CNCCCc1c(C(=O)Nc2ccc(C(=O)OC(=O)C(F)(F)F)cc2)c(=O)[nH]c2c(NC)cc(F)cc12. The van der Waals surface area contributed by atoms with Gasteiger partial charge in [-0.3, -0.25) is 9.59 Å². The fraction of sp³-hybridized carbons (Fsp3) is 0.250. The number of esters is 2. The van der Waals surface area contributed by atoms with E-state index >= 15 is 0 Å². The maximum absolute atomic E-state index is 14.3. The number of hydrogen-bond donors (Lipinski definition) is 4. The molecule has 0 radical (unpaired) electrons. The van der Waals surface area contributed by atoms with Crippen LogP contribution in [0.2, 0.25) is 0 Å². The Kier molecular flexibility index (Phi) is 8.28. The van der Waals surface area contributed by atoms with Crippen LogP contribution < -0.4 is 21.5 Å². The lowest BCUT2D eigenvalue weighted by Crippen LogP contribution is -2.28. The van der Waals surface area contributed by atoms with Crippen LogP contribution in [0.5, 0.6) is 0 Å². The molecule has 196 valence electrons. The average Bonchev–Trinajstić information content (AvgIpc) is 2.83. The second-order valence-corrected chi connectivity index (χ2v) is 7.85. The van der Waals surface area contributed by atoms with E-state index in [0.29, 0.717) is 35.1 Å². The quantitative estimate of drug-likeness (QED) is 0.155. The summed E-state index contributed by atoms with van der Waals surface area (Å²) in [5, 5.41) is 8.61. The molecule has 1 amide bonds. The minimum absolute atomic E-state index is 0.0968. The minimum Gasteiger partial charge on any atom is -0.386 e. The Balaban J connectivity index is 1.93. The molecule has 0 aliphatic carbocycles. The van der Waals surface area contributed by atoms with Gasteiger partial charge in [0.2, 0.25) is 0 Å². The summed E-state index contributed by atoms with van der Waals surface area (Å²) in [6.45, 7) is 0.567. The van der Waals surface area contributed by atoms with E-state index in [0.717, 1.165) is 12.1 Å². The van der Waals surface area contributed by atoms with Crippen LogP contribution in [0.15, 0.2) is 41.2 Å². The molecule has 1 heterocycles.